The molecule has 39 heavy (non-hydrogen) atoms. The number of nitrogens with zero attached hydrogens (tertiary/aromatic N) is 1. The van der Waals surface area contributed by atoms with Crippen molar-refractivity contribution in [2.45, 2.75) is 57.7 Å². The number of rotatable bonds is 6. The molecular weight excluding hydrogens is 529 g/mol. The largest absolute Gasteiger partial charge is 0.573 e. The van der Waals surface area contributed by atoms with Crippen LogP contribution in [0.1, 0.15) is 44.2 Å². The Kier molecular flexibility index (Phi) is 8.76. The molecule has 1 N–H and O–H groups in total. The molecule has 1 saturated heterocycles. The van der Waals surface area contributed by atoms with Gasteiger partial charge in [0.05, 0.1) is 0 Å². The Morgan fingerprint density at radius 1 is 1.00 bits per heavy atom. The van der Waals surface area contributed by atoms with Gasteiger partial charge >= 0.3 is 12.5 Å². The predicted molar refractivity (Wildman–Crippen MR) is 146 cm³/mol. The van der Waals surface area contributed by atoms with Crippen LogP contribution < -0.4 is 10.1 Å². The van der Waals surface area contributed by atoms with Crippen LogP contribution in [-0.4, -0.2) is 42.1 Å². The highest BCUT2D eigenvalue weighted by Crippen LogP contribution is 2.33. The van der Waals surface area contributed by atoms with E-state index in [0.717, 1.165) is 16.7 Å². The Bertz CT molecular complexity index is 1260. The van der Waals surface area contributed by atoms with Crippen LogP contribution in [0.25, 0.3) is 11.1 Å². The number of hydrogen-bond donors (Lipinski definition) is 1. The van der Waals surface area contributed by atoms with Crippen molar-refractivity contribution >= 4 is 17.7 Å². The van der Waals surface area contributed by atoms with Gasteiger partial charge in [0.2, 0.25) is 0 Å². The molecule has 3 aromatic rings. The van der Waals surface area contributed by atoms with E-state index >= 15 is 0 Å². The van der Waals surface area contributed by atoms with Crippen molar-refractivity contribution in [1.82, 2.24) is 10.2 Å². The third-order valence-electron chi connectivity index (χ3n) is 6.51. The summed E-state index contributed by atoms with van der Waals surface area (Å²) < 4.78 is 49.5. The first-order chi connectivity index (χ1) is 18.4. The lowest BCUT2D eigenvalue weighted by Crippen LogP contribution is -2.50. The summed E-state index contributed by atoms with van der Waals surface area (Å²) >= 11 is 6.00. The Morgan fingerprint density at radius 2 is 1.67 bits per heavy atom. The molecule has 4 rings (SSSR count). The van der Waals surface area contributed by atoms with Gasteiger partial charge in [0.1, 0.15) is 11.4 Å². The molecule has 3 aromatic carbocycles. The number of ether oxygens (including phenoxy) is 2. The van der Waals surface area contributed by atoms with Crippen molar-refractivity contribution in [2.24, 2.45) is 0 Å². The molecule has 1 fully saturated rings. The van der Waals surface area contributed by atoms with Crippen molar-refractivity contribution in [3.05, 3.63) is 88.9 Å². The Hall–Kier alpha value is -3.23. The van der Waals surface area contributed by atoms with Crippen molar-refractivity contribution in [1.29, 1.82) is 0 Å². The molecule has 0 radical (unpaired) electrons. The maximum Gasteiger partial charge on any atom is 0.573 e. The standard InChI is InChI=1S/C30H32ClF3N2O3/c1-29(2,3)39-28(37)36-16-15-26(25(19-36)21-7-5-4-6-8-21)35-18-23-17-22(20-9-12-24(31)13-10-20)11-14-27(23)38-30(32,33)34/h4-14,17,25-26,35H,15-16,18-19H2,1-3H3/t25-,26-/m0/s1. The predicted octanol–water partition coefficient (Wildman–Crippen LogP) is 7.79. The molecule has 1 aliphatic rings. The number of piperidine rings is 1. The van der Waals surface area contributed by atoms with Gasteiger partial charge in [0.15, 0.2) is 0 Å². The average Bonchev–Trinajstić information content (AvgIpc) is 2.87. The van der Waals surface area contributed by atoms with Crippen LogP contribution in [0.4, 0.5) is 18.0 Å². The van der Waals surface area contributed by atoms with Crippen LogP contribution in [0, 0.1) is 0 Å². The van der Waals surface area contributed by atoms with Gasteiger partial charge in [-0.25, -0.2) is 4.79 Å². The summed E-state index contributed by atoms with van der Waals surface area (Å²) in [6.07, 6.45) is -4.59. The topological polar surface area (TPSA) is 50.8 Å². The zero-order valence-electron chi connectivity index (χ0n) is 22.1. The number of halogens is 4. The maximum atomic E-state index is 13.2. The molecular formula is C30H32ClF3N2O3. The van der Waals surface area contributed by atoms with Crippen molar-refractivity contribution in [2.75, 3.05) is 13.1 Å². The summed E-state index contributed by atoms with van der Waals surface area (Å²) in [4.78, 5) is 14.5. The fourth-order valence-electron chi connectivity index (χ4n) is 4.73. The normalized spacial score (nSPS) is 18.1. The number of nitrogens with one attached hydrogen (secondary N) is 1. The highest BCUT2D eigenvalue weighted by molar-refractivity contribution is 6.30. The summed E-state index contributed by atoms with van der Waals surface area (Å²) in [5, 5.41) is 4.03. The molecule has 9 heteroatoms. The first-order valence-electron chi connectivity index (χ1n) is 12.8. The van der Waals surface area contributed by atoms with E-state index in [1.807, 2.05) is 63.2 Å². The van der Waals surface area contributed by atoms with Crippen LogP contribution in [0.15, 0.2) is 72.8 Å². The van der Waals surface area contributed by atoms with Crippen LogP contribution in [0.5, 0.6) is 5.75 Å². The van der Waals surface area contributed by atoms with Gasteiger partial charge in [-0.15, -0.1) is 13.2 Å². The van der Waals surface area contributed by atoms with Gasteiger partial charge in [-0.05, 0) is 68.1 Å². The quantitative estimate of drug-likeness (QED) is 0.334. The number of hydrogen-bond acceptors (Lipinski definition) is 4. The summed E-state index contributed by atoms with van der Waals surface area (Å²) in [5.41, 5.74) is 2.37. The molecule has 0 aliphatic carbocycles. The summed E-state index contributed by atoms with van der Waals surface area (Å²) in [5.74, 6) is -0.339. The molecule has 0 saturated carbocycles. The molecule has 2 atom stereocenters. The van der Waals surface area contributed by atoms with Gasteiger partial charge in [0, 0.05) is 42.2 Å². The molecule has 5 nitrogen and oxygen atoms in total. The van der Waals surface area contributed by atoms with Gasteiger partial charge < -0.3 is 19.7 Å². The van der Waals surface area contributed by atoms with E-state index < -0.39 is 12.0 Å². The van der Waals surface area contributed by atoms with E-state index in [1.165, 1.54) is 6.07 Å². The zero-order chi connectivity index (χ0) is 28.2. The van der Waals surface area contributed by atoms with Gasteiger partial charge in [0.25, 0.3) is 0 Å². The fraction of sp³-hybridized carbons (Fsp3) is 0.367. The molecule has 208 valence electrons. The van der Waals surface area contributed by atoms with Crippen LogP contribution in [0.3, 0.4) is 0 Å². The Balaban J connectivity index is 1.57. The molecule has 0 unspecified atom stereocenters. The summed E-state index contributed by atoms with van der Waals surface area (Å²) in [7, 11) is 0. The van der Waals surface area contributed by atoms with Crippen LogP contribution in [0.2, 0.25) is 5.02 Å². The SMILES string of the molecule is CC(C)(C)OC(=O)N1CC[C@H](NCc2cc(-c3ccc(Cl)cc3)ccc2OC(F)(F)F)[C@H](c2ccccc2)C1. The molecule has 1 aliphatic heterocycles. The fourth-order valence-corrected chi connectivity index (χ4v) is 4.86. The third kappa shape index (κ3) is 8.13. The van der Waals surface area contributed by atoms with Crippen molar-refractivity contribution in [3.63, 3.8) is 0 Å². The number of carbonyl (C=O) groups is 1. The summed E-state index contributed by atoms with van der Waals surface area (Å²) in [6.45, 7) is 6.51. The average molecular weight is 561 g/mol. The maximum absolute atomic E-state index is 13.2. The van der Waals surface area contributed by atoms with Gasteiger partial charge in [-0.2, -0.15) is 0 Å². The highest BCUT2D eigenvalue weighted by atomic mass is 35.5. The Morgan fingerprint density at radius 3 is 2.31 bits per heavy atom. The van der Waals surface area contributed by atoms with E-state index in [4.69, 9.17) is 16.3 Å². The van der Waals surface area contributed by atoms with Gasteiger partial charge in [-0.1, -0.05) is 60.1 Å². The summed E-state index contributed by atoms with van der Waals surface area (Å²) in [6, 6.07) is 21.4. The minimum absolute atomic E-state index is 0.0844. The minimum Gasteiger partial charge on any atom is -0.444 e. The number of carbonyl (C=O) groups excluding carboxylic acids is 1. The second kappa shape index (κ2) is 11.9. The van der Waals surface area contributed by atoms with E-state index in [2.05, 4.69) is 10.1 Å². The van der Waals surface area contributed by atoms with E-state index in [0.29, 0.717) is 30.1 Å². The van der Waals surface area contributed by atoms with Crippen LogP contribution in [-0.2, 0) is 11.3 Å². The van der Waals surface area contributed by atoms with Crippen molar-refractivity contribution in [3.8, 4) is 16.9 Å². The third-order valence-corrected chi connectivity index (χ3v) is 6.76. The zero-order valence-corrected chi connectivity index (χ0v) is 22.9. The highest BCUT2D eigenvalue weighted by Gasteiger charge is 2.35. The molecule has 0 aromatic heterocycles. The molecule has 0 spiro atoms. The number of alkyl halides is 3. The van der Waals surface area contributed by atoms with Crippen molar-refractivity contribution < 1.29 is 27.4 Å². The molecule has 1 heterocycles. The molecule has 1 amide bonds. The number of amides is 1. The lowest BCUT2D eigenvalue weighted by Gasteiger charge is -2.40. The minimum atomic E-state index is -4.82. The second-order valence-electron chi connectivity index (χ2n) is 10.6. The van der Waals surface area contributed by atoms with Crippen LogP contribution >= 0.6 is 11.6 Å². The first-order valence-corrected chi connectivity index (χ1v) is 13.2. The smallest absolute Gasteiger partial charge is 0.444 e. The first kappa shape index (κ1) is 28.8. The van der Waals surface area contributed by atoms with Gasteiger partial charge in [-0.3, -0.25) is 0 Å². The van der Waals surface area contributed by atoms with E-state index in [1.54, 1.807) is 29.2 Å². The lowest BCUT2D eigenvalue weighted by atomic mass is 9.86. The monoisotopic (exact) mass is 560 g/mol. The number of likely N-dealkylation sites (tertiary alicyclic amines) is 1. The van der Waals surface area contributed by atoms with E-state index in [-0.39, 0.29) is 30.3 Å². The Labute approximate surface area is 231 Å². The molecule has 0 bridgehead atoms. The van der Waals surface area contributed by atoms with E-state index in [9.17, 15) is 18.0 Å². The second-order valence-corrected chi connectivity index (χ2v) is 11.0. The number of benzene rings is 3. The lowest BCUT2D eigenvalue weighted by molar-refractivity contribution is -0.274.